The third-order valence-corrected chi connectivity index (χ3v) is 2.89. The van der Waals surface area contributed by atoms with E-state index in [-0.39, 0.29) is 0 Å². The minimum Gasteiger partial charge on any atom is -0.384 e. The van der Waals surface area contributed by atoms with Crippen molar-refractivity contribution < 1.29 is 0 Å². The highest BCUT2D eigenvalue weighted by Crippen LogP contribution is 2.22. The van der Waals surface area contributed by atoms with Gasteiger partial charge in [-0.2, -0.15) is 0 Å². The van der Waals surface area contributed by atoms with E-state index in [2.05, 4.69) is 70.3 Å². The quantitative estimate of drug-likeness (QED) is 0.718. The molecule has 1 N–H and O–H groups in total. The highest BCUT2D eigenvalue weighted by atomic mass is 14.9. The fraction of sp³-hybridized carbons (Fsp3) is 0.500. The van der Waals surface area contributed by atoms with Crippen LogP contribution in [0.2, 0.25) is 0 Å². The molecular weight excluding hydrogens is 206 g/mol. The van der Waals surface area contributed by atoms with Crippen LogP contribution in [-0.4, -0.2) is 6.54 Å². The standard InChI is InChI=1S/C16H25N/c1-13(2)10-11-16(4,5)12-17-15-8-6-14(3)7-9-15/h6-10,17H,11-12H2,1-5H3. The average molecular weight is 231 g/mol. The summed E-state index contributed by atoms with van der Waals surface area (Å²) in [6.45, 7) is 12.0. The van der Waals surface area contributed by atoms with Gasteiger partial charge in [0.15, 0.2) is 0 Å². The zero-order valence-electron chi connectivity index (χ0n) is 11.8. The van der Waals surface area contributed by atoms with Gasteiger partial charge in [0.2, 0.25) is 0 Å². The van der Waals surface area contributed by atoms with Crippen molar-refractivity contribution in [3.63, 3.8) is 0 Å². The first-order valence-electron chi connectivity index (χ1n) is 6.33. The number of hydrogen-bond donors (Lipinski definition) is 1. The van der Waals surface area contributed by atoms with Crippen molar-refractivity contribution in [1.29, 1.82) is 0 Å². The maximum Gasteiger partial charge on any atom is 0.0340 e. The summed E-state index contributed by atoms with van der Waals surface area (Å²) in [5.74, 6) is 0. The molecule has 0 aliphatic rings. The molecule has 0 aromatic heterocycles. The molecule has 0 spiro atoms. The molecule has 0 unspecified atom stereocenters. The molecule has 94 valence electrons. The molecule has 0 bridgehead atoms. The number of rotatable bonds is 5. The first kappa shape index (κ1) is 13.8. The van der Waals surface area contributed by atoms with Gasteiger partial charge in [0.25, 0.3) is 0 Å². The van der Waals surface area contributed by atoms with Gasteiger partial charge in [0.05, 0.1) is 0 Å². The van der Waals surface area contributed by atoms with Crippen LogP contribution in [0.25, 0.3) is 0 Å². The second-order valence-corrected chi connectivity index (χ2v) is 5.87. The number of anilines is 1. The summed E-state index contributed by atoms with van der Waals surface area (Å²) in [5, 5.41) is 3.51. The third kappa shape index (κ3) is 5.58. The highest BCUT2D eigenvalue weighted by molar-refractivity contribution is 5.44. The summed E-state index contributed by atoms with van der Waals surface area (Å²) in [7, 11) is 0. The number of benzene rings is 1. The summed E-state index contributed by atoms with van der Waals surface area (Å²) in [5.41, 5.74) is 4.20. The summed E-state index contributed by atoms with van der Waals surface area (Å²) < 4.78 is 0. The fourth-order valence-electron chi connectivity index (χ4n) is 1.57. The van der Waals surface area contributed by atoms with Crippen molar-refractivity contribution >= 4 is 5.69 Å². The Kier molecular flexibility index (Phi) is 4.80. The van der Waals surface area contributed by atoms with E-state index in [1.165, 1.54) is 16.8 Å². The third-order valence-electron chi connectivity index (χ3n) is 2.89. The molecule has 1 rings (SSSR count). The molecule has 0 aliphatic carbocycles. The van der Waals surface area contributed by atoms with Crippen molar-refractivity contribution in [3.8, 4) is 0 Å². The van der Waals surface area contributed by atoms with Crippen LogP contribution in [0.15, 0.2) is 35.9 Å². The maximum atomic E-state index is 3.51. The van der Waals surface area contributed by atoms with E-state index in [0.717, 1.165) is 13.0 Å². The molecule has 17 heavy (non-hydrogen) atoms. The molecule has 0 aliphatic heterocycles. The fourth-order valence-corrected chi connectivity index (χ4v) is 1.57. The molecule has 1 nitrogen and oxygen atoms in total. The Hall–Kier alpha value is -1.24. The van der Waals surface area contributed by atoms with E-state index in [1.54, 1.807) is 0 Å². The van der Waals surface area contributed by atoms with Crippen LogP contribution in [0.1, 0.15) is 39.7 Å². The van der Waals surface area contributed by atoms with Gasteiger partial charge in [-0.1, -0.05) is 43.2 Å². The number of hydrogen-bond acceptors (Lipinski definition) is 1. The molecule has 1 aromatic rings. The Balaban J connectivity index is 2.49. The van der Waals surface area contributed by atoms with Gasteiger partial charge in [-0.05, 0) is 44.7 Å². The molecule has 0 atom stereocenters. The molecule has 0 fully saturated rings. The Labute approximate surface area is 106 Å². The second-order valence-electron chi connectivity index (χ2n) is 5.87. The lowest BCUT2D eigenvalue weighted by molar-refractivity contribution is 0.397. The Morgan fingerprint density at radius 1 is 1.18 bits per heavy atom. The van der Waals surface area contributed by atoms with Crippen LogP contribution < -0.4 is 5.32 Å². The van der Waals surface area contributed by atoms with E-state index in [1.807, 2.05) is 0 Å². The van der Waals surface area contributed by atoms with Gasteiger partial charge in [0.1, 0.15) is 0 Å². The van der Waals surface area contributed by atoms with Crippen molar-refractivity contribution in [2.45, 2.75) is 41.0 Å². The molecule has 0 radical (unpaired) electrons. The Morgan fingerprint density at radius 2 is 1.76 bits per heavy atom. The van der Waals surface area contributed by atoms with E-state index >= 15 is 0 Å². The first-order chi connectivity index (χ1) is 7.89. The van der Waals surface area contributed by atoms with E-state index in [9.17, 15) is 0 Å². The van der Waals surface area contributed by atoms with Crippen LogP contribution in [-0.2, 0) is 0 Å². The predicted molar refractivity (Wildman–Crippen MR) is 77.5 cm³/mol. The second kappa shape index (κ2) is 5.90. The van der Waals surface area contributed by atoms with Crippen LogP contribution >= 0.6 is 0 Å². The zero-order valence-corrected chi connectivity index (χ0v) is 11.8. The van der Waals surface area contributed by atoms with Crippen molar-refractivity contribution in [1.82, 2.24) is 0 Å². The lowest BCUT2D eigenvalue weighted by Gasteiger charge is -2.24. The van der Waals surface area contributed by atoms with E-state index in [4.69, 9.17) is 0 Å². The predicted octanol–water partition coefficient (Wildman–Crippen LogP) is 4.79. The topological polar surface area (TPSA) is 12.0 Å². The van der Waals surface area contributed by atoms with Gasteiger partial charge in [-0.15, -0.1) is 0 Å². The van der Waals surface area contributed by atoms with Gasteiger partial charge < -0.3 is 5.32 Å². The van der Waals surface area contributed by atoms with Crippen molar-refractivity contribution in [2.75, 3.05) is 11.9 Å². The number of nitrogens with one attached hydrogen (secondary N) is 1. The van der Waals surface area contributed by atoms with Gasteiger partial charge in [0, 0.05) is 12.2 Å². The van der Waals surface area contributed by atoms with Gasteiger partial charge in [-0.3, -0.25) is 0 Å². The van der Waals surface area contributed by atoms with Crippen LogP contribution in [0.3, 0.4) is 0 Å². The minimum atomic E-state index is 0.294. The summed E-state index contributed by atoms with van der Waals surface area (Å²) >= 11 is 0. The van der Waals surface area contributed by atoms with Crippen molar-refractivity contribution in [3.05, 3.63) is 41.5 Å². The molecule has 1 aromatic carbocycles. The monoisotopic (exact) mass is 231 g/mol. The van der Waals surface area contributed by atoms with Crippen molar-refractivity contribution in [2.24, 2.45) is 5.41 Å². The largest absolute Gasteiger partial charge is 0.384 e. The number of aryl methyl sites for hydroxylation is 1. The molecular formula is C16H25N. The maximum absolute atomic E-state index is 3.51. The Bertz CT molecular complexity index is 367. The molecule has 0 saturated heterocycles. The molecule has 1 heteroatoms. The average Bonchev–Trinajstić information content (AvgIpc) is 2.26. The smallest absolute Gasteiger partial charge is 0.0340 e. The molecule has 0 saturated carbocycles. The van der Waals surface area contributed by atoms with Crippen LogP contribution in [0.4, 0.5) is 5.69 Å². The van der Waals surface area contributed by atoms with Gasteiger partial charge in [-0.25, -0.2) is 0 Å². The number of allylic oxidation sites excluding steroid dienone is 2. The summed E-state index contributed by atoms with van der Waals surface area (Å²) in [4.78, 5) is 0. The molecule has 0 heterocycles. The SMILES string of the molecule is CC(C)=CCC(C)(C)CNc1ccc(C)cc1. The lowest BCUT2D eigenvalue weighted by atomic mass is 9.88. The zero-order chi connectivity index (χ0) is 12.9. The van der Waals surface area contributed by atoms with E-state index < -0.39 is 0 Å². The van der Waals surface area contributed by atoms with E-state index in [0.29, 0.717) is 5.41 Å². The molecule has 0 amide bonds. The summed E-state index contributed by atoms with van der Waals surface area (Å²) in [6.07, 6.45) is 3.44. The first-order valence-corrected chi connectivity index (χ1v) is 6.33. The summed E-state index contributed by atoms with van der Waals surface area (Å²) in [6, 6.07) is 8.58. The van der Waals surface area contributed by atoms with Gasteiger partial charge >= 0.3 is 0 Å². The normalized spacial score (nSPS) is 11.1. The lowest BCUT2D eigenvalue weighted by Crippen LogP contribution is -2.22. The minimum absolute atomic E-state index is 0.294. The Morgan fingerprint density at radius 3 is 2.29 bits per heavy atom. The van der Waals surface area contributed by atoms with Crippen LogP contribution in [0.5, 0.6) is 0 Å². The van der Waals surface area contributed by atoms with Crippen LogP contribution in [0, 0.1) is 12.3 Å². The highest BCUT2D eigenvalue weighted by Gasteiger charge is 2.15.